The number of carbonyl (C=O) groups excluding carboxylic acids is 1. The molecule has 1 aromatic carbocycles. The van der Waals surface area contributed by atoms with E-state index in [1.807, 2.05) is 32.0 Å². The topological polar surface area (TPSA) is 78.4 Å². The van der Waals surface area contributed by atoms with Crippen molar-refractivity contribution in [3.05, 3.63) is 29.3 Å². The molecule has 0 heterocycles. The van der Waals surface area contributed by atoms with Crippen molar-refractivity contribution in [1.29, 1.82) is 0 Å². The summed E-state index contributed by atoms with van der Waals surface area (Å²) in [6.45, 7) is 3.90. The molecule has 0 radical (unpaired) electrons. The predicted octanol–water partition coefficient (Wildman–Crippen LogP) is 1.84. The number of carboxylic acid groups (broad SMARTS) is 1. The van der Waals surface area contributed by atoms with Crippen molar-refractivity contribution in [2.24, 2.45) is 0 Å². The van der Waals surface area contributed by atoms with Crippen molar-refractivity contribution in [3.8, 4) is 0 Å². The quantitative estimate of drug-likeness (QED) is 0.766. The van der Waals surface area contributed by atoms with E-state index in [0.29, 0.717) is 12.8 Å². The van der Waals surface area contributed by atoms with Gasteiger partial charge in [0.05, 0.1) is 6.54 Å². The summed E-state index contributed by atoms with van der Waals surface area (Å²) in [6.07, 6.45) is 2.05. The second-order valence-corrected chi connectivity index (χ2v) is 5.46. The fourth-order valence-electron chi connectivity index (χ4n) is 2.31. The molecular weight excluding hydrogens is 256 g/mol. The molecule has 1 fully saturated rings. The number of amides is 1. The third-order valence-electron chi connectivity index (χ3n) is 3.87. The zero-order valence-electron chi connectivity index (χ0n) is 11.8. The Balaban J connectivity index is 1.93. The van der Waals surface area contributed by atoms with Gasteiger partial charge in [-0.2, -0.15) is 0 Å². The van der Waals surface area contributed by atoms with Crippen LogP contribution in [0.1, 0.15) is 30.4 Å². The maximum absolute atomic E-state index is 11.9. The summed E-state index contributed by atoms with van der Waals surface area (Å²) in [7, 11) is 0. The van der Waals surface area contributed by atoms with E-state index in [0.717, 1.165) is 23.2 Å². The number of aliphatic carboxylic acids is 1. The Hall–Kier alpha value is -1.88. The minimum atomic E-state index is -0.904. The summed E-state index contributed by atoms with van der Waals surface area (Å²) in [6, 6.07) is 5.84. The van der Waals surface area contributed by atoms with Gasteiger partial charge in [-0.25, -0.2) is 0 Å². The Bertz CT molecular complexity index is 536. The van der Waals surface area contributed by atoms with E-state index >= 15 is 0 Å². The van der Waals surface area contributed by atoms with Crippen molar-refractivity contribution < 1.29 is 14.7 Å². The molecule has 0 unspecified atom stereocenters. The van der Waals surface area contributed by atoms with Crippen LogP contribution in [0.3, 0.4) is 0 Å². The highest BCUT2D eigenvalue weighted by molar-refractivity contribution is 5.93. The smallest absolute Gasteiger partial charge is 0.323 e. The van der Waals surface area contributed by atoms with Gasteiger partial charge in [-0.3, -0.25) is 14.9 Å². The molecule has 0 atom stereocenters. The number of aryl methyl sites for hydroxylation is 2. The molecule has 1 amide bonds. The molecule has 1 aliphatic rings. The fourth-order valence-corrected chi connectivity index (χ4v) is 2.31. The van der Waals surface area contributed by atoms with Crippen LogP contribution in [-0.4, -0.2) is 29.1 Å². The lowest BCUT2D eigenvalue weighted by Gasteiger charge is -2.38. The lowest BCUT2D eigenvalue weighted by Crippen LogP contribution is -2.58. The van der Waals surface area contributed by atoms with E-state index in [1.165, 1.54) is 0 Å². The Morgan fingerprint density at radius 1 is 1.30 bits per heavy atom. The van der Waals surface area contributed by atoms with Crippen LogP contribution in [0.25, 0.3) is 0 Å². The summed E-state index contributed by atoms with van der Waals surface area (Å²) < 4.78 is 0. The number of benzene rings is 1. The van der Waals surface area contributed by atoms with Crippen LogP contribution in [0, 0.1) is 13.8 Å². The molecule has 0 aliphatic heterocycles. The highest BCUT2D eigenvalue weighted by atomic mass is 16.4. The SMILES string of the molecule is Cc1ccc(C)c(NC(=O)CNC2(C(=O)O)CCC2)c1. The zero-order chi connectivity index (χ0) is 14.8. The molecule has 20 heavy (non-hydrogen) atoms. The molecule has 0 saturated heterocycles. The van der Waals surface area contributed by atoms with Gasteiger partial charge in [-0.1, -0.05) is 12.1 Å². The van der Waals surface area contributed by atoms with Crippen LogP contribution in [0.5, 0.6) is 0 Å². The predicted molar refractivity (Wildman–Crippen MR) is 76.8 cm³/mol. The summed E-state index contributed by atoms with van der Waals surface area (Å²) in [5.41, 5.74) is 1.93. The Morgan fingerprint density at radius 2 is 2.00 bits per heavy atom. The standard InChI is InChI=1S/C15H20N2O3/c1-10-4-5-11(2)12(8-10)17-13(18)9-16-15(14(19)20)6-3-7-15/h4-5,8,16H,3,6-7,9H2,1-2H3,(H,17,18)(H,19,20). The molecular formula is C15H20N2O3. The Morgan fingerprint density at radius 3 is 2.55 bits per heavy atom. The van der Waals surface area contributed by atoms with E-state index in [9.17, 15) is 14.7 Å². The summed E-state index contributed by atoms with van der Waals surface area (Å²) in [5, 5.41) is 14.9. The molecule has 0 spiro atoms. The van der Waals surface area contributed by atoms with Crippen molar-refractivity contribution in [3.63, 3.8) is 0 Å². The third-order valence-corrected chi connectivity index (χ3v) is 3.87. The summed E-state index contributed by atoms with van der Waals surface area (Å²) in [5.74, 6) is -1.09. The van der Waals surface area contributed by atoms with E-state index in [-0.39, 0.29) is 12.5 Å². The number of anilines is 1. The number of hydrogen-bond donors (Lipinski definition) is 3. The van der Waals surface area contributed by atoms with Gasteiger partial charge < -0.3 is 10.4 Å². The number of carboxylic acids is 1. The van der Waals surface area contributed by atoms with Crippen molar-refractivity contribution in [2.75, 3.05) is 11.9 Å². The molecule has 0 bridgehead atoms. The van der Waals surface area contributed by atoms with Crippen LogP contribution in [0.15, 0.2) is 18.2 Å². The maximum atomic E-state index is 11.9. The first kappa shape index (κ1) is 14.5. The number of rotatable bonds is 5. The van der Waals surface area contributed by atoms with Gasteiger partial charge in [0.15, 0.2) is 0 Å². The number of carbonyl (C=O) groups is 2. The average Bonchev–Trinajstić information content (AvgIpc) is 2.32. The van der Waals surface area contributed by atoms with E-state index in [2.05, 4.69) is 10.6 Å². The molecule has 1 aromatic rings. The molecule has 1 saturated carbocycles. The Kier molecular flexibility index (Phi) is 4.09. The minimum absolute atomic E-state index is 0.0136. The first-order valence-electron chi connectivity index (χ1n) is 6.78. The van der Waals surface area contributed by atoms with Gasteiger partial charge in [-0.15, -0.1) is 0 Å². The van der Waals surface area contributed by atoms with Crippen molar-refractivity contribution in [2.45, 2.75) is 38.6 Å². The number of nitrogens with one attached hydrogen (secondary N) is 2. The first-order chi connectivity index (χ1) is 9.43. The minimum Gasteiger partial charge on any atom is -0.480 e. The van der Waals surface area contributed by atoms with Gasteiger partial charge in [0.1, 0.15) is 5.54 Å². The van der Waals surface area contributed by atoms with E-state index in [1.54, 1.807) is 0 Å². The Labute approximate surface area is 118 Å². The molecule has 5 heteroatoms. The second kappa shape index (κ2) is 5.63. The number of hydrogen-bond acceptors (Lipinski definition) is 3. The zero-order valence-corrected chi connectivity index (χ0v) is 11.8. The fraction of sp³-hybridized carbons (Fsp3) is 0.467. The van der Waals surface area contributed by atoms with Crippen LogP contribution >= 0.6 is 0 Å². The highest BCUT2D eigenvalue weighted by Gasteiger charge is 2.44. The molecule has 2 rings (SSSR count). The second-order valence-electron chi connectivity index (χ2n) is 5.46. The lowest BCUT2D eigenvalue weighted by molar-refractivity contribution is -0.148. The van der Waals surface area contributed by atoms with Crippen LogP contribution in [0.4, 0.5) is 5.69 Å². The lowest BCUT2D eigenvalue weighted by atomic mass is 9.77. The molecule has 5 nitrogen and oxygen atoms in total. The van der Waals surface area contributed by atoms with Crippen molar-refractivity contribution >= 4 is 17.6 Å². The van der Waals surface area contributed by atoms with Gasteiger partial charge >= 0.3 is 5.97 Å². The summed E-state index contributed by atoms with van der Waals surface area (Å²) >= 11 is 0. The monoisotopic (exact) mass is 276 g/mol. The highest BCUT2D eigenvalue weighted by Crippen LogP contribution is 2.31. The maximum Gasteiger partial charge on any atom is 0.323 e. The van der Waals surface area contributed by atoms with Gasteiger partial charge in [-0.05, 0) is 50.3 Å². The third kappa shape index (κ3) is 2.99. The normalized spacial score (nSPS) is 16.3. The van der Waals surface area contributed by atoms with Gasteiger partial charge in [0.25, 0.3) is 0 Å². The largest absolute Gasteiger partial charge is 0.480 e. The molecule has 1 aliphatic carbocycles. The first-order valence-corrected chi connectivity index (χ1v) is 6.78. The van der Waals surface area contributed by atoms with Gasteiger partial charge in [0.2, 0.25) is 5.91 Å². The molecule has 0 aromatic heterocycles. The van der Waals surface area contributed by atoms with Gasteiger partial charge in [0, 0.05) is 5.69 Å². The molecule has 108 valence electrons. The van der Waals surface area contributed by atoms with E-state index < -0.39 is 11.5 Å². The molecule has 3 N–H and O–H groups in total. The van der Waals surface area contributed by atoms with E-state index in [4.69, 9.17) is 0 Å². The summed E-state index contributed by atoms with van der Waals surface area (Å²) in [4.78, 5) is 23.1. The van der Waals surface area contributed by atoms with Crippen LogP contribution in [-0.2, 0) is 9.59 Å². The van der Waals surface area contributed by atoms with Crippen LogP contribution < -0.4 is 10.6 Å². The average molecular weight is 276 g/mol. The van der Waals surface area contributed by atoms with Crippen LogP contribution in [0.2, 0.25) is 0 Å². The van der Waals surface area contributed by atoms with Crippen molar-refractivity contribution in [1.82, 2.24) is 5.32 Å².